The molecule has 3 N–H and O–H groups in total. The second kappa shape index (κ2) is 4.81. The quantitative estimate of drug-likeness (QED) is 0.783. The van der Waals surface area contributed by atoms with Crippen LogP contribution < -0.4 is 11.1 Å². The molecule has 0 aromatic heterocycles. The van der Waals surface area contributed by atoms with Crippen molar-refractivity contribution >= 4 is 5.91 Å². The van der Waals surface area contributed by atoms with Crippen molar-refractivity contribution in [1.82, 2.24) is 5.32 Å². The fourth-order valence-corrected chi connectivity index (χ4v) is 1.71. The van der Waals surface area contributed by atoms with Crippen LogP contribution in [0.15, 0.2) is 0 Å². The number of ether oxygens (including phenoxy) is 1. The molecule has 1 amide bonds. The maximum absolute atomic E-state index is 12.1. The lowest BCUT2D eigenvalue weighted by atomic mass is 9.84. The van der Waals surface area contributed by atoms with E-state index in [0.717, 1.165) is 0 Å². The smallest absolute Gasteiger partial charge is 0.379 e. The molecule has 7 heteroatoms. The molecule has 1 aliphatic heterocycles. The molecule has 0 radical (unpaired) electrons. The first-order valence-corrected chi connectivity index (χ1v) is 5.36. The second-order valence-corrected chi connectivity index (χ2v) is 4.73. The molecule has 0 aromatic carbocycles. The lowest BCUT2D eigenvalue weighted by molar-refractivity contribution is -0.143. The number of amides is 1. The summed E-state index contributed by atoms with van der Waals surface area (Å²) in [5.41, 5.74) is 4.76. The number of rotatable bonds is 3. The molecule has 1 rings (SSSR count). The van der Waals surface area contributed by atoms with Crippen LogP contribution in [0.2, 0.25) is 0 Å². The van der Waals surface area contributed by atoms with E-state index >= 15 is 0 Å². The Labute approximate surface area is 97.7 Å². The van der Waals surface area contributed by atoms with Gasteiger partial charge in [-0.2, -0.15) is 13.2 Å². The van der Waals surface area contributed by atoms with Crippen molar-refractivity contribution in [1.29, 1.82) is 0 Å². The summed E-state index contributed by atoms with van der Waals surface area (Å²) in [4.78, 5) is 11.8. The highest BCUT2D eigenvalue weighted by atomic mass is 19.4. The van der Waals surface area contributed by atoms with Gasteiger partial charge in [0, 0.05) is 12.1 Å². The van der Waals surface area contributed by atoms with E-state index in [1.807, 2.05) is 0 Å². The molecular formula is C10H17F3N2O2. The average molecular weight is 254 g/mol. The predicted octanol–water partition coefficient (Wildman–Crippen LogP) is 0.807. The summed E-state index contributed by atoms with van der Waals surface area (Å²) in [5, 5.41) is 2.33. The van der Waals surface area contributed by atoms with Gasteiger partial charge in [0.25, 0.3) is 0 Å². The van der Waals surface area contributed by atoms with Gasteiger partial charge in [0.1, 0.15) is 0 Å². The van der Waals surface area contributed by atoms with Gasteiger partial charge in [0.2, 0.25) is 5.91 Å². The number of hydrogen-bond acceptors (Lipinski definition) is 3. The van der Waals surface area contributed by atoms with Crippen molar-refractivity contribution in [3.63, 3.8) is 0 Å². The average Bonchev–Trinajstić information content (AvgIpc) is 2.44. The summed E-state index contributed by atoms with van der Waals surface area (Å²) in [5.74, 6) is -0.487. The van der Waals surface area contributed by atoms with E-state index in [0.29, 0.717) is 0 Å². The van der Waals surface area contributed by atoms with Crippen LogP contribution >= 0.6 is 0 Å². The molecule has 1 saturated heterocycles. The van der Waals surface area contributed by atoms with Crippen molar-refractivity contribution in [2.75, 3.05) is 13.2 Å². The first-order valence-electron chi connectivity index (χ1n) is 5.36. The monoisotopic (exact) mass is 254 g/mol. The van der Waals surface area contributed by atoms with Gasteiger partial charge in [0.15, 0.2) is 0 Å². The van der Waals surface area contributed by atoms with Crippen molar-refractivity contribution in [3.05, 3.63) is 0 Å². The van der Waals surface area contributed by atoms with Crippen LogP contribution in [0.4, 0.5) is 13.2 Å². The summed E-state index contributed by atoms with van der Waals surface area (Å²) in [6, 6.07) is -1.45. The summed E-state index contributed by atoms with van der Waals surface area (Å²) >= 11 is 0. The Morgan fingerprint density at radius 3 is 2.65 bits per heavy atom. The molecular weight excluding hydrogens is 237 g/mol. The maximum Gasteiger partial charge on any atom is 0.391 e. The van der Waals surface area contributed by atoms with Gasteiger partial charge >= 0.3 is 6.18 Å². The highest BCUT2D eigenvalue weighted by Gasteiger charge is 2.45. The summed E-state index contributed by atoms with van der Waals surface area (Å²) in [6.45, 7) is 3.30. The summed E-state index contributed by atoms with van der Waals surface area (Å²) in [7, 11) is 0. The highest BCUT2D eigenvalue weighted by molar-refractivity contribution is 5.83. The molecule has 17 heavy (non-hydrogen) atoms. The number of nitrogens with one attached hydrogen (secondary N) is 1. The zero-order valence-electron chi connectivity index (χ0n) is 9.80. The van der Waals surface area contributed by atoms with E-state index in [4.69, 9.17) is 10.5 Å². The number of hydrogen-bond donors (Lipinski definition) is 2. The third-order valence-electron chi connectivity index (χ3n) is 2.95. The van der Waals surface area contributed by atoms with Crippen LogP contribution in [0, 0.1) is 5.41 Å². The Morgan fingerprint density at radius 2 is 2.24 bits per heavy atom. The third kappa shape index (κ3) is 3.57. The minimum atomic E-state index is -4.29. The van der Waals surface area contributed by atoms with Gasteiger partial charge in [-0.25, -0.2) is 0 Å². The minimum Gasteiger partial charge on any atom is -0.379 e. The second-order valence-electron chi connectivity index (χ2n) is 4.73. The molecule has 4 nitrogen and oxygen atoms in total. The maximum atomic E-state index is 12.1. The number of alkyl halides is 3. The normalized spacial score (nSPS) is 31.3. The Bertz CT molecular complexity index is 296. The predicted molar refractivity (Wildman–Crippen MR) is 55.2 cm³/mol. The zero-order valence-corrected chi connectivity index (χ0v) is 9.80. The first-order chi connectivity index (χ1) is 7.65. The Kier molecular flexibility index (Phi) is 4.03. The minimum absolute atomic E-state index is 0.138. The first kappa shape index (κ1) is 14.2. The van der Waals surface area contributed by atoms with Crippen LogP contribution in [0.1, 0.15) is 20.3 Å². The van der Waals surface area contributed by atoms with Crippen LogP contribution in [-0.4, -0.2) is 37.4 Å². The molecule has 0 saturated carbocycles. The number of carbonyl (C=O) groups excluding carboxylic acids is 1. The number of carbonyl (C=O) groups is 1. The van der Waals surface area contributed by atoms with Crippen molar-refractivity contribution in [2.24, 2.45) is 11.1 Å². The molecule has 1 aliphatic rings. The molecule has 1 fully saturated rings. The molecule has 0 aromatic rings. The van der Waals surface area contributed by atoms with Crippen LogP contribution in [-0.2, 0) is 9.53 Å². The van der Waals surface area contributed by atoms with Gasteiger partial charge in [-0.3, -0.25) is 4.79 Å². The lowest BCUT2D eigenvalue weighted by Crippen LogP contribution is -2.52. The van der Waals surface area contributed by atoms with Crippen molar-refractivity contribution < 1.29 is 22.7 Å². The topological polar surface area (TPSA) is 64.3 Å². The summed E-state index contributed by atoms with van der Waals surface area (Å²) < 4.78 is 41.4. The lowest BCUT2D eigenvalue weighted by Gasteiger charge is -2.27. The molecule has 3 atom stereocenters. The molecule has 3 unspecified atom stereocenters. The molecule has 0 spiro atoms. The number of halogens is 3. The zero-order chi connectivity index (χ0) is 13.3. The van der Waals surface area contributed by atoms with Gasteiger partial charge in [-0.05, 0) is 13.8 Å². The van der Waals surface area contributed by atoms with Gasteiger partial charge in [-0.15, -0.1) is 0 Å². The Hall–Kier alpha value is -0.820. The van der Waals surface area contributed by atoms with E-state index in [9.17, 15) is 18.0 Å². The van der Waals surface area contributed by atoms with Gasteiger partial charge < -0.3 is 15.8 Å². The van der Waals surface area contributed by atoms with Crippen LogP contribution in [0.3, 0.4) is 0 Å². The fourth-order valence-electron chi connectivity index (χ4n) is 1.71. The molecule has 0 bridgehead atoms. The Balaban J connectivity index is 2.54. The largest absolute Gasteiger partial charge is 0.391 e. The van der Waals surface area contributed by atoms with E-state index in [1.54, 1.807) is 6.92 Å². The molecule has 0 aliphatic carbocycles. The standard InChI is InChI=1S/C10H17F3N2O2/c1-6(3-10(11,12)13)15-8(16)9(2)5-17-4-7(9)14/h6-7H,3-5,14H2,1-2H3,(H,15,16). The molecule has 1 heterocycles. The third-order valence-corrected chi connectivity index (χ3v) is 2.95. The van der Waals surface area contributed by atoms with Gasteiger partial charge in [-0.1, -0.05) is 0 Å². The molecule has 100 valence electrons. The van der Waals surface area contributed by atoms with Crippen LogP contribution in [0.5, 0.6) is 0 Å². The van der Waals surface area contributed by atoms with E-state index in [-0.39, 0.29) is 13.2 Å². The Morgan fingerprint density at radius 1 is 1.65 bits per heavy atom. The van der Waals surface area contributed by atoms with Crippen LogP contribution in [0.25, 0.3) is 0 Å². The van der Waals surface area contributed by atoms with E-state index < -0.39 is 36.0 Å². The van der Waals surface area contributed by atoms with Gasteiger partial charge in [0.05, 0.1) is 25.0 Å². The van der Waals surface area contributed by atoms with E-state index in [1.165, 1.54) is 6.92 Å². The van der Waals surface area contributed by atoms with Crippen molar-refractivity contribution in [3.8, 4) is 0 Å². The summed E-state index contributed by atoms with van der Waals surface area (Å²) in [6.07, 6.45) is -5.34. The van der Waals surface area contributed by atoms with Crippen molar-refractivity contribution in [2.45, 2.75) is 38.5 Å². The van der Waals surface area contributed by atoms with E-state index in [2.05, 4.69) is 5.32 Å². The highest BCUT2D eigenvalue weighted by Crippen LogP contribution is 2.28. The number of nitrogens with two attached hydrogens (primary N) is 1. The SMILES string of the molecule is CC(CC(F)(F)F)NC(=O)C1(C)COCC1N. The fraction of sp³-hybridized carbons (Fsp3) is 0.900.